The number of hydrogen-bond acceptors (Lipinski definition) is 5. The number of nitrogens with zero attached hydrogens (tertiary/aromatic N) is 5. The summed E-state index contributed by atoms with van der Waals surface area (Å²) >= 11 is 1.60. The highest BCUT2D eigenvalue weighted by atomic mass is 32.1. The highest BCUT2D eigenvalue weighted by molar-refractivity contribution is 7.15. The lowest BCUT2D eigenvalue weighted by atomic mass is 10.1. The van der Waals surface area contributed by atoms with Gasteiger partial charge in [-0.25, -0.2) is 9.97 Å². The van der Waals surface area contributed by atoms with Gasteiger partial charge in [0.1, 0.15) is 12.7 Å². The lowest BCUT2D eigenvalue weighted by Gasteiger charge is -2.11. The Morgan fingerprint density at radius 1 is 1.52 bits per heavy atom. The maximum absolute atomic E-state index is 12.1. The quantitative estimate of drug-likeness (QED) is 0.769. The van der Waals surface area contributed by atoms with E-state index in [9.17, 15) is 4.79 Å². The third kappa shape index (κ3) is 2.94. The molecular formula is C13H16N6OS. The summed E-state index contributed by atoms with van der Waals surface area (Å²) in [6.45, 7) is 4.86. The molecule has 0 unspecified atom stereocenters. The van der Waals surface area contributed by atoms with E-state index in [1.54, 1.807) is 22.3 Å². The zero-order valence-corrected chi connectivity index (χ0v) is 12.7. The van der Waals surface area contributed by atoms with Gasteiger partial charge in [0.15, 0.2) is 4.96 Å². The van der Waals surface area contributed by atoms with Gasteiger partial charge in [-0.15, -0.1) is 11.3 Å². The summed E-state index contributed by atoms with van der Waals surface area (Å²) in [6.07, 6.45) is 5.03. The SMILES string of the molecule is Cc1csc2nc(CNC(=O)[C@@H](C)Cn3cncn3)cn12. The van der Waals surface area contributed by atoms with Crippen LogP contribution >= 0.6 is 11.3 Å². The zero-order valence-electron chi connectivity index (χ0n) is 11.9. The Labute approximate surface area is 125 Å². The summed E-state index contributed by atoms with van der Waals surface area (Å²) in [5.74, 6) is -0.184. The van der Waals surface area contributed by atoms with Crippen molar-refractivity contribution in [2.24, 2.45) is 5.92 Å². The average molecular weight is 304 g/mol. The van der Waals surface area contributed by atoms with Crippen molar-refractivity contribution >= 4 is 22.2 Å². The third-order valence-electron chi connectivity index (χ3n) is 3.26. The molecule has 3 rings (SSSR count). The Kier molecular flexibility index (Phi) is 3.70. The second-order valence-corrected chi connectivity index (χ2v) is 5.83. The molecule has 0 spiro atoms. The lowest BCUT2D eigenvalue weighted by Crippen LogP contribution is -2.31. The van der Waals surface area contributed by atoms with Crippen LogP contribution in [-0.2, 0) is 17.9 Å². The van der Waals surface area contributed by atoms with Crippen LogP contribution in [0.3, 0.4) is 0 Å². The first kappa shape index (κ1) is 13.7. The molecule has 0 fully saturated rings. The van der Waals surface area contributed by atoms with Crippen molar-refractivity contribution in [2.75, 3.05) is 0 Å². The van der Waals surface area contributed by atoms with Crippen molar-refractivity contribution in [1.29, 1.82) is 0 Å². The second kappa shape index (κ2) is 5.65. The van der Waals surface area contributed by atoms with E-state index >= 15 is 0 Å². The fourth-order valence-corrected chi connectivity index (χ4v) is 2.94. The third-order valence-corrected chi connectivity index (χ3v) is 4.21. The molecule has 7 nitrogen and oxygen atoms in total. The van der Waals surface area contributed by atoms with Crippen LogP contribution < -0.4 is 5.32 Å². The molecule has 0 aromatic carbocycles. The molecule has 21 heavy (non-hydrogen) atoms. The van der Waals surface area contributed by atoms with Crippen LogP contribution in [0.5, 0.6) is 0 Å². The fraction of sp³-hybridized carbons (Fsp3) is 0.385. The predicted octanol–water partition coefficient (Wildman–Crippen LogP) is 1.25. The summed E-state index contributed by atoms with van der Waals surface area (Å²) in [5, 5.41) is 8.97. The minimum atomic E-state index is -0.169. The molecule has 1 N–H and O–H groups in total. The van der Waals surface area contributed by atoms with Crippen molar-refractivity contribution in [3.8, 4) is 0 Å². The van der Waals surface area contributed by atoms with Crippen LogP contribution in [0.15, 0.2) is 24.2 Å². The molecule has 0 aliphatic rings. The molecule has 3 heterocycles. The van der Waals surface area contributed by atoms with Gasteiger partial charge in [-0.05, 0) is 6.92 Å². The van der Waals surface area contributed by atoms with E-state index in [-0.39, 0.29) is 11.8 Å². The molecule has 0 saturated heterocycles. The standard InChI is InChI=1S/C13H16N6OS/c1-9(4-18-8-14-7-16-18)12(20)15-3-11-5-19-10(2)6-21-13(19)17-11/h5-9H,3-4H2,1-2H3,(H,15,20)/t9-/m0/s1. The Hall–Kier alpha value is -2.22. The van der Waals surface area contributed by atoms with Crippen LogP contribution in [0.2, 0.25) is 0 Å². The Morgan fingerprint density at radius 3 is 3.10 bits per heavy atom. The van der Waals surface area contributed by atoms with Crippen molar-refractivity contribution in [2.45, 2.75) is 26.9 Å². The van der Waals surface area contributed by atoms with Gasteiger partial charge in [0.25, 0.3) is 0 Å². The van der Waals surface area contributed by atoms with Crippen molar-refractivity contribution in [1.82, 2.24) is 29.5 Å². The molecule has 8 heteroatoms. The summed E-state index contributed by atoms with van der Waals surface area (Å²) in [4.78, 5) is 21.4. The van der Waals surface area contributed by atoms with Crippen LogP contribution in [0.25, 0.3) is 4.96 Å². The van der Waals surface area contributed by atoms with Crippen LogP contribution in [-0.4, -0.2) is 30.1 Å². The van der Waals surface area contributed by atoms with E-state index < -0.39 is 0 Å². The number of hydrogen-bond donors (Lipinski definition) is 1. The number of amides is 1. The number of aromatic nitrogens is 5. The summed E-state index contributed by atoms with van der Waals surface area (Å²) in [5.41, 5.74) is 2.02. The summed E-state index contributed by atoms with van der Waals surface area (Å²) in [6, 6.07) is 0. The largest absolute Gasteiger partial charge is 0.350 e. The Morgan fingerprint density at radius 2 is 2.38 bits per heavy atom. The Balaban J connectivity index is 1.57. The van der Waals surface area contributed by atoms with E-state index in [1.807, 2.05) is 24.4 Å². The van der Waals surface area contributed by atoms with E-state index in [0.717, 1.165) is 16.3 Å². The summed E-state index contributed by atoms with van der Waals surface area (Å²) in [7, 11) is 0. The van der Waals surface area contributed by atoms with Gasteiger partial charge >= 0.3 is 0 Å². The number of rotatable bonds is 5. The van der Waals surface area contributed by atoms with Gasteiger partial charge in [-0.1, -0.05) is 6.92 Å². The zero-order chi connectivity index (χ0) is 14.8. The number of carbonyl (C=O) groups excluding carboxylic acids is 1. The molecule has 0 bridgehead atoms. The highest BCUT2D eigenvalue weighted by Gasteiger charge is 2.14. The molecule has 1 atom stereocenters. The van der Waals surface area contributed by atoms with Gasteiger partial charge in [0, 0.05) is 17.3 Å². The van der Waals surface area contributed by atoms with Crippen LogP contribution in [0.4, 0.5) is 0 Å². The second-order valence-electron chi connectivity index (χ2n) is 5.00. The highest BCUT2D eigenvalue weighted by Crippen LogP contribution is 2.15. The van der Waals surface area contributed by atoms with Gasteiger partial charge in [0.05, 0.1) is 24.7 Å². The van der Waals surface area contributed by atoms with E-state index in [0.29, 0.717) is 13.1 Å². The molecule has 3 aromatic heterocycles. The number of fused-ring (bicyclic) bond motifs is 1. The smallest absolute Gasteiger partial charge is 0.225 e. The number of nitrogens with one attached hydrogen (secondary N) is 1. The monoisotopic (exact) mass is 304 g/mol. The van der Waals surface area contributed by atoms with E-state index in [4.69, 9.17) is 0 Å². The minimum absolute atomic E-state index is 0.0152. The van der Waals surface area contributed by atoms with Gasteiger partial charge in [0.2, 0.25) is 5.91 Å². The first-order chi connectivity index (χ1) is 10.1. The molecule has 0 radical (unpaired) electrons. The molecule has 0 aliphatic heterocycles. The number of carbonyl (C=O) groups is 1. The molecule has 0 saturated carbocycles. The molecule has 0 aliphatic carbocycles. The first-order valence-electron chi connectivity index (χ1n) is 6.65. The molecular weight excluding hydrogens is 288 g/mol. The minimum Gasteiger partial charge on any atom is -0.350 e. The van der Waals surface area contributed by atoms with Crippen molar-refractivity contribution < 1.29 is 4.79 Å². The van der Waals surface area contributed by atoms with Gasteiger partial charge in [-0.2, -0.15) is 5.10 Å². The number of thiazole rings is 1. The molecule has 3 aromatic rings. The molecule has 110 valence electrons. The van der Waals surface area contributed by atoms with E-state index in [2.05, 4.69) is 25.8 Å². The normalized spacial score (nSPS) is 12.7. The van der Waals surface area contributed by atoms with Crippen LogP contribution in [0, 0.1) is 12.8 Å². The summed E-state index contributed by atoms with van der Waals surface area (Å²) < 4.78 is 3.69. The van der Waals surface area contributed by atoms with Gasteiger partial charge in [-0.3, -0.25) is 13.9 Å². The first-order valence-corrected chi connectivity index (χ1v) is 7.53. The van der Waals surface area contributed by atoms with Crippen LogP contribution in [0.1, 0.15) is 18.3 Å². The Bertz CT molecular complexity index is 744. The maximum atomic E-state index is 12.1. The molecule has 1 amide bonds. The fourth-order valence-electron chi connectivity index (χ4n) is 2.07. The maximum Gasteiger partial charge on any atom is 0.225 e. The number of imidazole rings is 1. The van der Waals surface area contributed by atoms with E-state index in [1.165, 1.54) is 6.33 Å². The predicted molar refractivity (Wildman–Crippen MR) is 78.8 cm³/mol. The van der Waals surface area contributed by atoms with Crippen molar-refractivity contribution in [3.63, 3.8) is 0 Å². The number of aryl methyl sites for hydroxylation is 1. The van der Waals surface area contributed by atoms with Gasteiger partial charge < -0.3 is 5.32 Å². The van der Waals surface area contributed by atoms with Crippen molar-refractivity contribution in [3.05, 3.63) is 35.6 Å². The average Bonchev–Trinajstić information content (AvgIpc) is 3.16. The lowest BCUT2D eigenvalue weighted by molar-refractivity contribution is -0.125. The topological polar surface area (TPSA) is 77.1 Å².